The van der Waals surface area contributed by atoms with E-state index in [2.05, 4.69) is 10.4 Å². The number of fused-ring (bicyclic) bond motifs is 1. The lowest BCUT2D eigenvalue weighted by Gasteiger charge is -2.41. The number of benzene rings is 2. The first kappa shape index (κ1) is 26.9. The molecule has 0 radical (unpaired) electrons. The number of carbonyl (C=O) groups excluding carboxylic acids is 2. The van der Waals surface area contributed by atoms with Gasteiger partial charge in [-0.25, -0.2) is 9.40 Å². The molecular formula is C28H36FN5O3. The van der Waals surface area contributed by atoms with Crippen molar-refractivity contribution in [1.82, 2.24) is 15.2 Å². The van der Waals surface area contributed by atoms with Crippen LogP contribution in [0.1, 0.15) is 31.4 Å². The number of piperidine rings is 1. The molecule has 0 aliphatic carbocycles. The topological polar surface area (TPSA) is 100 Å². The van der Waals surface area contributed by atoms with E-state index in [0.717, 1.165) is 16.8 Å². The summed E-state index contributed by atoms with van der Waals surface area (Å²) in [6.45, 7) is 5.40. The zero-order chi connectivity index (χ0) is 26.6. The predicted molar refractivity (Wildman–Crippen MR) is 140 cm³/mol. The number of carbonyl (C=O) groups is 2. The lowest BCUT2D eigenvalue weighted by Crippen LogP contribution is -2.60. The SMILES string of the molecule is CN1N=C2CCN(C(=O)[C@@H](COCc3ccccc3)NCC(C)(C)N)C[C@@]2(Cc2ccc(F)cc2)C1=O. The monoisotopic (exact) mass is 509 g/mol. The standard InChI is InChI=1S/C28H36FN5O3/c1-27(2,30)18-31-23(17-37-16-21-7-5-4-6-8-21)25(35)34-14-13-24-28(19-34,26(36)33(3)32-24)15-20-9-11-22(29)12-10-20/h4-12,23,31H,13-19,30H2,1-3H3/t23-,28-/m1/s1. The van der Waals surface area contributed by atoms with E-state index in [4.69, 9.17) is 10.5 Å². The smallest absolute Gasteiger partial charge is 0.256 e. The molecule has 8 nitrogen and oxygen atoms in total. The van der Waals surface area contributed by atoms with Crippen LogP contribution in [-0.4, -0.2) is 72.3 Å². The van der Waals surface area contributed by atoms with Gasteiger partial charge < -0.3 is 20.7 Å². The van der Waals surface area contributed by atoms with Crippen LogP contribution in [0.2, 0.25) is 0 Å². The summed E-state index contributed by atoms with van der Waals surface area (Å²) in [6.07, 6.45) is 0.834. The maximum absolute atomic E-state index is 13.8. The van der Waals surface area contributed by atoms with Crippen LogP contribution in [0.25, 0.3) is 0 Å². The van der Waals surface area contributed by atoms with Gasteiger partial charge in [0.05, 0.1) is 18.9 Å². The number of hydrogen-bond donors (Lipinski definition) is 2. The Morgan fingerprint density at radius 3 is 2.57 bits per heavy atom. The van der Waals surface area contributed by atoms with Crippen molar-refractivity contribution in [1.29, 1.82) is 0 Å². The molecule has 0 unspecified atom stereocenters. The third-order valence-electron chi connectivity index (χ3n) is 6.83. The summed E-state index contributed by atoms with van der Waals surface area (Å²) in [5.74, 6) is -0.632. The van der Waals surface area contributed by atoms with Crippen molar-refractivity contribution >= 4 is 17.5 Å². The summed E-state index contributed by atoms with van der Waals surface area (Å²) >= 11 is 0. The van der Waals surface area contributed by atoms with E-state index in [1.807, 2.05) is 44.2 Å². The molecule has 2 heterocycles. The summed E-state index contributed by atoms with van der Waals surface area (Å²) in [7, 11) is 1.64. The number of rotatable bonds is 10. The highest BCUT2D eigenvalue weighted by molar-refractivity contribution is 6.13. The molecule has 198 valence electrons. The summed E-state index contributed by atoms with van der Waals surface area (Å²) < 4.78 is 19.4. The Bertz CT molecular complexity index is 1130. The Balaban J connectivity index is 1.52. The number of hydrogen-bond acceptors (Lipinski definition) is 6. The first-order valence-electron chi connectivity index (χ1n) is 12.6. The maximum atomic E-state index is 13.8. The Hall–Kier alpha value is -3.14. The summed E-state index contributed by atoms with van der Waals surface area (Å²) in [4.78, 5) is 28.9. The highest BCUT2D eigenvalue weighted by atomic mass is 19.1. The molecule has 2 atom stereocenters. The Morgan fingerprint density at radius 2 is 1.89 bits per heavy atom. The molecule has 1 fully saturated rings. The second kappa shape index (κ2) is 11.1. The highest BCUT2D eigenvalue weighted by Gasteiger charge is 2.53. The Kier molecular flexibility index (Phi) is 8.06. The van der Waals surface area contributed by atoms with Crippen LogP contribution in [0.15, 0.2) is 59.7 Å². The van der Waals surface area contributed by atoms with Crippen LogP contribution in [-0.2, 0) is 27.4 Å². The third-order valence-corrected chi connectivity index (χ3v) is 6.83. The van der Waals surface area contributed by atoms with E-state index in [-0.39, 0.29) is 30.8 Å². The molecule has 0 aromatic heterocycles. The zero-order valence-electron chi connectivity index (χ0n) is 21.7. The van der Waals surface area contributed by atoms with Gasteiger partial charge in [0.2, 0.25) is 5.91 Å². The van der Waals surface area contributed by atoms with E-state index < -0.39 is 17.0 Å². The van der Waals surface area contributed by atoms with Gasteiger partial charge in [0.15, 0.2) is 0 Å². The molecule has 0 spiro atoms. The van der Waals surface area contributed by atoms with Gasteiger partial charge in [-0.15, -0.1) is 0 Å². The van der Waals surface area contributed by atoms with E-state index in [0.29, 0.717) is 32.5 Å². The molecule has 2 aromatic rings. The first-order valence-corrected chi connectivity index (χ1v) is 12.6. The minimum atomic E-state index is -0.969. The van der Waals surface area contributed by atoms with E-state index in [9.17, 15) is 14.0 Å². The number of likely N-dealkylation sites (tertiary alicyclic amines) is 1. The number of ether oxygens (including phenoxy) is 1. The summed E-state index contributed by atoms with van der Waals surface area (Å²) in [5, 5.41) is 9.15. The quantitative estimate of drug-likeness (QED) is 0.512. The Labute approximate surface area is 217 Å². The fourth-order valence-corrected chi connectivity index (χ4v) is 4.91. The van der Waals surface area contributed by atoms with E-state index in [1.165, 1.54) is 17.1 Å². The number of hydrazone groups is 1. The second-order valence-electron chi connectivity index (χ2n) is 10.7. The molecule has 0 saturated carbocycles. The molecular weight excluding hydrogens is 473 g/mol. The third kappa shape index (κ3) is 6.41. The fourth-order valence-electron chi connectivity index (χ4n) is 4.91. The van der Waals surface area contributed by atoms with Crippen molar-refractivity contribution in [2.45, 2.75) is 44.9 Å². The number of nitrogens with zero attached hydrogens (tertiary/aromatic N) is 3. The normalized spacial score (nSPS) is 20.6. The lowest BCUT2D eigenvalue weighted by atomic mass is 9.73. The van der Waals surface area contributed by atoms with Crippen LogP contribution in [0.5, 0.6) is 0 Å². The van der Waals surface area contributed by atoms with E-state index >= 15 is 0 Å². The molecule has 4 rings (SSSR count). The molecule has 0 bridgehead atoms. The highest BCUT2D eigenvalue weighted by Crippen LogP contribution is 2.38. The van der Waals surface area contributed by atoms with Crippen LogP contribution >= 0.6 is 0 Å². The van der Waals surface area contributed by atoms with Crippen LogP contribution < -0.4 is 11.1 Å². The average molecular weight is 510 g/mol. The van der Waals surface area contributed by atoms with Gasteiger partial charge in [-0.1, -0.05) is 42.5 Å². The minimum Gasteiger partial charge on any atom is -0.375 e. The number of halogens is 1. The molecule has 1 saturated heterocycles. The van der Waals surface area contributed by atoms with Crippen molar-refractivity contribution in [2.24, 2.45) is 16.3 Å². The average Bonchev–Trinajstić information content (AvgIpc) is 3.11. The van der Waals surface area contributed by atoms with Gasteiger partial charge >= 0.3 is 0 Å². The molecule has 2 aliphatic rings. The molecule has 9 heteroatoms. The van der Waals surface area contributed by atoms with E-state index in [1.54, 1.807) is 24.1 Å². The lowest BCUT2D eigenvalue weighted by molar-refractivity contribution is -0.141. The van der Waals surface area contributed by atoms with Crippen molar-refractivity contribution in [3.05, 3.63) is 71.5 Å². The van der Waals surface area contributed by atoms with Crippen LogP contribution in [0.3, 0.4) is 0 Å². The number of amides is 2. The van der Waals surface area contributed by atoms with Gasteiger partial charge in [0.1, 0.15) is 17.3 Å². The van der Waals surface area contributed by atoms with Crippen molar-refractivity contribution in [2.75, 3.05) is 33.3 Å². The van der Waals surface area contributed by atoms with Crippen LogP contribution in [0, 0.1) is 11.2 Å². The van der Waals surface area contributed by atoms with Gasteiger partial charge in [-0.3, -0.25) is 9.59 Å². The van der Waals surface area contributed by atoms with Gasteiger partial charge in [-0.2, -0.15) is 5.10 Å². The molecule has 2 aromatic carbocycles. The molecule has 37 heavy (non-hydrogen) atoms. The predicted octanol–water partition coefficient (Wildman–Crippen LogP) is 2.33. The molecule has 3 N–H and O–H groups in total. The Morgan fingerprint density at radius 1 is 1.19 bits per heavy atom. The summed E-state index contributed by atoms with van der Waals surface area (Å²) in [6, 6.07) is 15.3. The fraction of sp³-hybridized carbons (Fsp3) is 0.464. The first-order chi connectivity index (χ1) is 17.6. The number of nitrogens with one attached hydrogen (secondary N) is 1. The summed E-state index contributed by atoms with van der Waals surface area (Å²) in [5.41, 5.74) is 7.29. The van der Waals surface area contributed by atoms with Crippen molar-refractivity contribution in [3.8, 4) is 0 Å². The largest absolute Gasteiger partial charge is 0.375 e. The van der Waals surface area contributed by atoms with Gasteiger partial charge in [-0.05, 0) is 43.5 Å². The number of nitrogens with two attached hydrogens (primary N) is 1. The maximum Gasteiger partial charge on any atom is 0.256 e. The van der Waals surface area contributed by atoms with Gasteiger partial charge in [0.25, 0.3) is 5.91 Å². The van der Waals surface area contributed by atoms with Gasteiger partial charge in [0, 0.05) is 38.6 Å². The van der Waals surface area contributed by atoms with Crippen LogP contribution in [0.4, 0.5) is 4.39 Å². The molecule has 2 aliphatic heterocycles. The minimum absolute atomic E-state index is 0.141. The molecule has 2 amide bonds. The second-order valence-corrected chi connectivity index (χ2v) is 10.7. The van der Waals surface area contributed by atoms with Crippen molar-refractivity contribution in [3.63, 3.8) is 0 Å². The van der Waals surface area contributed by atoms with Crippen molar-refractivity contribution < 1.29 is 18.7 Å². The zero-order valence-corrected chi connectivity index (χ0v) is 21.7.